The maximum Gasteiger partial charge on any atom is 0.0554 e. The molecule has 19 heavy (non-hydrogen) atoms. The lowest BCUT2D eigenvalue weighted by Gasteiger charge is -2.17. The van der Waals surface area contributed by atoms with Crippen molar-refractivity contribution in [3.8, 4) is 0 Å². The van der Waals surface area contributed by atoms with E-state index in [1.54, 1.807) is 0 Å². The van der Waals surface area contributed by atoms with Crippen LogP contribution in [0.4, 0.5) is 0 Å². The van der Waals surface area contributed by atoms with E-state index in [9.17, 15) is 0 Å². The SMILES string of the molecule is CCCc1ccc(C(N)c2cccc(C)c2C)cc1. The normalized spacial score (nSPS) is 12.4. The highest BCUT2D eigenvalue weighted by Gasteiger charge is 2.12. The van der Waals surface area contributed by atoms with Gasteiger partial charge in [-0.05, 0) is 48.1 Å². The van der Waals surface area contributed by atoms with E-state index in [4.69, 9.17) is 5.73 Å². The zero-order chi connectivity index (χ0) is 13.8. The van der Waals surface area contributed by atoms with Crippen LogP contribution < -0.4 is 5.73 Å². The van der Waals surface area contributed by atoms with Crippen molar-refractivity contribution in [2.75, 3.05) is 0 Å². The summed E-state index contributed by atoms with van der Waals surface area (Å²) in [6, 6.07) is 15.0. The van der Waals surface area contributed by atoms with Gasteiger partial charge in [0.15, 0.2) is 0 Å². The molecule has 0 amide bonds. The van der Waals surface area contributed by atoms with Gasteiger partial charge >= 0.3 is 0 Å². The minimum Gasteiger partial charge on any atom is -0.320 e. The predicted molar refractivity (Wildman–Crippen MR) is 82.4 cm³/mol. The molecule has 0 aromatic heterocycles. The van der Waals surface area contributed by atoms with E-state index in [-0.39, 0.29) is 6.04 Å². The first-order valence-corrected chi connectivity index (χ1v) is 7.04. The fourth-order valence-electron chi connectivity index (χ4n) is 2.47. The first-order valence-electron chi connectivity index (χ1n) is 7.04. The predicted octanol–water partition coefficient (Wildman–Crippen LogP) is 4.30. The van der Waals surface area contributed by atoms with Gasteiger partial charge in [0.25, 0.3) is 0 Å². The van der Waals surface area contributed by atoms with Gasteiger partial charge in [-0.25, -0.2) is 0 Å². The molecule has 0 aliphatic heterocycles. The third-order valence-corrected chi connectivity index (χ3v) is 3.86. The molecule has 0 aliphatic rings. The van der Waals surface area contributed by atoms with Gasteiger partial charge in [0.1, 0.15) is 0 Å². The summed E-state index contributed by atoms with van der Waals surface area (Å²) >= 11 is 0. The zero-order valence-electron chi connectivity index (χ0n) is 12.1. The summed E-state index contributed by atoms with van der Waals surface area (Å²) in [5.41, 5.74) is 12.8. The Labute approximate surface area is 116 Å². The first kappa shape index (κ1) is 13.8. The van der Waals surface area contributed by atoms with Crippen molar-refractivity contribution in [2.24, 2.45) is 5.73 Å². The van der Waals surface area contributed by atoms with Crippen LogP contribution in [-0.2, 0) is 6.42 Å². The van der Waals surface area contributed by atoms with Crippen molar-refractivity contribution in [3.05, 3.63) is 70.3 Å². The van der Waals surface area contributed by atoms with Crippen LogP contribution in [0.1, 0.15) is 47.2 Å². The standard InChI is InChI=1S/C18H23N/c1-4-6-15-9-11-16(12-10-15)18(19)17-8-5-7-13(2)14(17)3/h5,7-12,18H,4,6,19H2,1-3H3. The summed E-state index contributed by atoms with van der Waals surface area (Å²) in [6.45, 7) is 6.49. The van der Waals surface area contributed by atoms with Crippen LogP contribution in [0.15, 0.2) is 42.5 Å². The molecule has 100 valence electrons. The van der Waals surface area contributed by atoms with E-state index in [0.717, 1.165) is 6.42 Å². The molecule has 0 spiro atoms. The number of hydrogen-bond acceptors (Lipinski definition) is 1. The van der Waals surface area contributed by atoms with E-state index in [1.165, 1.54) is 34.2 Å². The molecule has 1 atom stereocenters. The maximum atomic E-state index is 6.41. The fourth-order valence-corrected chi connectivity index (χ4v) is 2.47. The van der Waals surface area contributed by atoms with Gasteiger partial charge in [-0.3, -0.25) is 0 Å². The van der Waals surface area contributed by atoms with Gasteiger partial charge in [0, 0.05) is 0 Å². The summed E-state index contributed by atoms with van der Waals surface area (Å²) in [5, 5.41) is 0. The van der Waals surface area contributed by atoms with Crippen molar-refractivity contribution < 1.29 is 0 Å². The Morgan fingerprint density at radius 2 is 1.68 bits per heavy atom. The summed E-state index contributed by atoms with van der Waals surface area (Å²) in [4.78, 5) is 0. The zero-order valence-corrected chi connectivity index (χ0v) is 12.1. The number of rotatable bonds is 4. The van der Waals surface area contributed by atoms with E-state index in [1.807, 2.05) is 0 Å². The Bertz CT molecular complexity index is 540. The van der Waals surface area contributed by atoms with E-state index in [2.05, 4.69) is 63.2 Å². The molecule has 2 aromatic rings. The fraction of sp³-hybridized carbons (Fsp3) is 0.333. The number of nitrogens with two attached hydrogens (primary N) is 1. The molecule has 2 rings (SSSR count). The number of hydrogen-bond donors (Lipinski definition) is 1. The molecule has 2 aromatic carbocycles. The van der Waals surface area contributed by atoms with Gasteiger partial charge in [-0.1, -0.05) is 55.8 Å². The van der Waals surface area contributed by atoms with E-state index < -0.39 is 0 Å². The number of aryl methyl sites for hydroxylation is 2. The van der Waals surface area contributed by atoms with Crippen LogP contribution in [-0.4, -0.2) is 0 Å². The van der Waals surface area contributed by atoms with Gasteiger partial charge in [0.2, 0.25) is 0 Å². The quantitative estimate of drug-likeness (QED) is 0.863. The molecule has 0 saturated carbocycles. The van der Waals surface area contributed by atoms with Gasteiger partial charge < -0.3 is 5.73 Å². The van der Waals surface area contributed by atoms with Gasteiger partial charge in [-0.2, -0.15) is 0 Å². The Kier molecular flexibility index (Phi) is 4.39. The average molecular weight is 253 g/mol. The van der Waals surface area contributed by atoms with Crippen molar-refractivity contribution in [2.45, 2.75) is 39.7 Å². The first-order chi connectivity index (χ1) is 9.13. The van der Waals surface area contributed by atoms with E-state index in [0.29, 0.717) is 0 Å². The Hall–Kier alpha value is -1.60. The molecule has 0 aliphatic carbocycles. The molecule has 0 radical (unpaired) electrons. The topological polar surface area (TPSA) is 26.0 Å². The smallest absolute Gasteiger partial charge is 0.0554 e. The summed E-state index contributed by atoms with van der Waals surface area (Å²) in [7, 11) is 0. The average Bonchev–Trinajstić information content (AvgIpc) is 2.42. The third kappa shape index (κ3) is 3.05. The second kappa shape index (κ2) is 6.03. The monoisotopic (exact) mass is 253 g/mol. The largest absolute Gasteiger partial charge is 0.320 e. The molecule has 1 unspecified atom stereocenters. The second-order valence-electron chi connectivity index (χ2n) is 5.26. The molecule has 0 saturated heterocycles. The molecule has 0 heterocycles. The van der Waals surface area contributed by atoms with Crippen LogP contribution in [0.25, 0.3) is 0 Å². The second-order valence-corrected chi connectivity index (χ2v) is 5.26. The highest BCUT2D eigenvalue weighted by Crippen LogP contribution is 2.24. The highest BCUT2D eigenvalue weighted by atomic mass is 14.6. The highest BCUT2D eigenvalue weighted by molar-refractivity contribution is 5.40. The van der Waals surface area contributed by atoms with Crippen LogP contribution in [0.5, 0.6) is 0 Å². The van der Waals surface area contributed by atoms with Crippen LogP contribution >= 0.6 is 0 Å². The van der Waals surface area contributed by atoms with Crippen LogP contribution in [0.3, 0.4) is 0 Å². The lowest BCUT2D eigenvalue weighted by Crippen LogP contribution is -2.13. The minimum absolute atomic E-state index is 0.0319. The maximum absolute atomic E-state index is 6.41. The molecule has 0 bridgehead atoms. The lowest BCUT2D eigenvalue weighted by molar-refractivity contribution is 0.854. The summed E-state index contributed by atoms with van der Waals surface area (Å²) in [5.74, 6) is 0. The van der Waals surface area contributed by atoms with Crippen molar-refractivity contribution >= 4 is 0 Å². The lowest BCUT2D eigenvalue weighted by atomic mass is 9.92. The molecular formula is C18H23N. The summed E-state index contributed by atoms with van der Waals surface area (Å²) in [6.07, 6.45) is 2.32. The van der Waals surface area contributed by atoms with Gasteiger partial charge in [-0.15, -0.1) is 0 Å². The Morgan fingerprint density at radius 3 is 2.32 bits per heavy atom. The molecule has 1 heteroatoms. The molecule has 1 nitrogen and oxygen atoms in total. The van der Waals surface area contributed by atoms with Gasteiger partial charge in [0.05, 0.1) is 6.04 Å². The minimum atomic E-state index is -0.0319. The van der Waals surface area contributed by atoms with Crippen molar-refractivity contribution in [1.82, 2.24) is 0 Å². The molecule has 2 N–H and O–H groups in total. The molecular weight excluding hydrogens is 230 g/mol. The third-order valence-electron chi connectivity index (χ3n) is 3.86. The van der Waals surface area contributed by atoms with Crippen LogP contribution in [0.2, 0.25) is 0 Å². The van der Waals surface area contributed by atoms with Crippen molar-refractivity contribution in [1.29, 1.82) is 0 Å². The van der Waals surface area contributed by atoms with E-state index >= 15 is 0 Å². The van der Waals surface area contributed by atoms with Crippen molar-refractivity contribution in [3.63, 3.8) is 0 Å². The summed E-state index contributed by atoms with van der Waals surface area (Å²) < 4.78 is 0. The Balaban J connectivity index is 2.28. The van der Waals surface area contributed by atoms with Crippen LogP contribution in [0, 0.1) is 13.8 Å². The number of benzene rings is 2. The Morgan fingerprint density at radius 1 is 1.00 bits per heavy atom. The molecule has 0 fully saturated rings.